The van der Waals surface area contributed by atoms with Gasteiger partial charge in [0.1, 0.15) is 18.3 Å². The summed E-state index contributed by atoms with van der Waals surface area (Å²) in [6.07, 6.45) is 1.50. The molecule has 0 aromatic rings. The Labute approximate surface area is 166 Å². The minimum atomic E-state index is -2.45. The third kappa shape index (κ3) is 4.25. The maximum Gasteiger partial charge on any atom is 0.344 e. The van der Waals surface area contributed by atoms with Gasteiger partial charge in [0, 0.05) is 13.1 Å². The Bertz CT molecular complexity index is 625. The van der Waals surface area contributed by atoms with E-state index in [-0.39, 0.29) is 30.6 Å². The van der Waals surface area contributed by atoms with Gasteiger partial charge in [-0.3, -0.25) is 9.69 Å². The summed E-state index contributed by atoms with van der Waals surface area (Å²) in [4.78, 5) is 26.8. The van der Waals surface area contributed by atoms with Gasteiger partial charge in [-0.15, -0.1) is 0 Å². The third-order valence-electron chi connectivity index (χ3n) is 5.92. The Morgan fingerprint density at radius 3 is 2.50 bits per heavy atom. The number of hydrogen-bond acceptors (Lipinski definition) is 8. The molecule has 0 spiro atoms. The number of ether oxygens (including phenoxy) is 2. The Kier molecular flexibility index (Phi) is 6.91. The molecule has 1 fully saturated rings. The summed E-state index contributed by atoms with van der Waals surface area (Å²) in [6, 6.07) is -0.164. The molecule has 0 amide bonds. The zero-order valence-electron chi connectivity index (χ0n) is 17.3. The first-order valence-corrected chi connectivity index (χ1v) is 9.87. The zero-order valence-corrected chi connectivity index (χ0v) is 17.3. The SMILES string of the molecule is CCC(C)C(=O)OC1CCN2CC=C(COC(=O)C(O)(C(C)O)C(C)(C)O)C12. The molecule has 2 aliphatic heterocycles. The van der Waals surface area contributed by atoms with E-state index in [1.54, 1.807) is 0 Å². The normalized spacial score (nSPS) is 26.8. The lowest BCUT2D eigenvalue weighted by atomic mass is 9.81. The van der Waals surface area contributed by atoms with Crippen molar-refractivity contribution in [1.82, 2.24) is 4.90 Å². The highest BCUT2D eigenvalue weighted by molar-refractivity contribution is 5.82. The van der Waals surface area contributed by atoms with E-state index in [1.807, 2.05) is 19.9 Å². The van der Waals surface area contributed by atoms with Crippen LogP contribution in [-0.4, -0.2) is 81.3 Å². The topological polar surface area (TPSA) is 117 Å². The van der Waals surface area contributed by atoms with Crippen LogP contribution in [0.2, 0.25) is 0 Å². The van der Waals surface area contributed by atoms with Crippen LogP contribution >= 0.6 is 0 Å². The van der Waals surface area contributed by atoms with Crippen molar-refractivity contribution in [2.45, 2.75) is 76.9 Å². The van der Waals surface area contributed by atoms with Gasteiger partial charge in [-0.05, 0) is 39.2 Å². The molecule has 5 unspecified atom stereocenters. The molecule has 0 saturated carbocycles. The van der Waals surface area contributed by atoms with Gasteiger partial charge in [0.25, 0.3) is 0 Å². The van der Waals surface area contributed by atoms with Gasteiger partial charge >= 0.3 is 11.9 Å². The monoisotopic (exact) mass is 399 g/mol. The van der Waals surface area contributed by atoms with Crippen LogP contribution in [0.15, 0.2) is 11.6 Å². The number of aliphatic hydroxyl groups excluding tert-OH is 1. The number of esters is 2. The smallest absolute Gasteiger partial charge is 0.344 e. The van der Waals surface area contributed by atoms with Crippen LogP contribution in [0, 0.1) is 5.92 Å². The van der Waals surface area contributed by atoms with Crippen molar-refractivity contribution >= 4 is 11.9 Å². The number of fused-ring (bicyclic) bond motifs is 1. The average molecular weight is 399 g/mol. The van der Waals surface area contributed by atoms with Crippen molar-refractivity contribution in [2.75, 3.05) is 19.7 Å². The molecule has 0 aromatic heterocycles. The predicted octanol–water partition coefficient (Wildman–Crippen LogP) is 0.385. The minimum absolute atomic E-state index is 0.109. The lowest BCUT2D eigenvalue weighted by Crippen LogP contribution is -2.63. The van der Waals surface area contributed by atoms with Crippen LogP contribution in [0.3, 0.4) is 0 Å². The molecule has 2 heterocycles. The lowest BCUT2D eigenvalue weighted by molar-refractivity contribution is -0.213. The molecule has 2 rings (SSSR count). The highest BCUT2D eigenvalue weighted by Crippen LogP contribution is 2.33. The first-order valence-electron chi connectivity index (χ1n) is 9.87. The molecule has 8 heteroatoms. The summed E-state index contributed by atoms with van der Waals surface area (Å²) < 4.78 is 10.9. The van der Waals surface area contributed by atoms with Crippen molar-refractivity contribution in [2.24, 2.45) is 5.92 Å². The molecule has 28 heavy (non-hydrogen) atoms. The molecule has 5 atom stereocenters. The van der Waals surface area contributed by atoms with Gasteiger partial charge in [-0.1, -0.05) is 19.9 Å². The van der Waals surface area contributed by atoms with Crippen LogP contribution in [0.1, 0.15) is 47.5 Å². The molecule has 0 aliphatic carbocycles. The fourth-order valence-electron chi connectivity index (χ4n) is 3.75. The summed E-state index contributed by atoms with van der Waals surface area (Å²) in [5.41, 5.74) is -3.56. The Hall–Kier alpha value is -1.48. The van der Waals surface area contributed by atoms with E-state index >= 15 is 0 Å². The molecule has 1 saturated heterocycles. The second-order valence-corrected chi connectivity index (χ2v) is 8.37. The Morgan fingerprint density at radius 2 is 1.96 bits per heavy atom. The molecule has 160 valence electrons. The van der Waals surface area contributed by atoms with Crippen molar-refractivity contribution in [1.29, 1.82) is 0 Å². The quantitative estimate of drug-likeness (QED) is 0.396. The fraction of sp³-hybridized carbons (Fsp3) is 0.800. The van der Waals surface area contributed by atoms with Gasteiger partial charge in [-0.2, -0.15) is 0 Å². The first kappa shape index (κ1) is 22.8. The zero-order chi connectivity index (χ0) is 21.3. The molecular formula is C20H33NO7. The van der Waals surface area contributed by atoms with Crippen LogP contribution in [0.4, 0.5) is 0 Å². The summed E-state index contributed by atoms with van der Waals surface area (Å²) in [5.74, 6) is -1.50. The minimum Gasteiger partial charge on any atom is -0.460 e. The van der Waals surface area contributed by atoms with Gasteiger partial charge in [0.2, 0.25) is 5.60 Å². The van der Waals surface area contributed by atoms with Crippen LogP contribution in [-0.2, 0) is 19.1 Å². The summed E-state index contributed by atoms with van der Waals surface area (Å²) in [5, 5.41) is 30.5. The lowest BCUT2D eigenvalue weighted by Gasteiger charge is -2.38. The van der Waals surface area contributed by atoms with Gasteiger partial charge in [-0.25, -0.2) is 4.79 Å². The number of carbonyl (C=O) groups excluding carboxylic acids is 2. The number of carbonyl (C=O) groups is 2. The molecule has 0 bridgehead atoms. The van der Waals surface area contributed by atoms with Crippen molar-refractivity contribution in [3.8, 4) is 0 Å². The standard InChI is InChI=1S/C20H33NO7/c1-6-12(2)17(23)28-15-8-10-21-9-7-14(16(15)21)11-27-18(24)20(26,13(3)22)19(4,5)25/h7,12-13,15-16,22,25-26H,6,8-11H2,1-5H3. The molecule has 0 aromatic carbocycles. The molecule has 0 radical (unpaired) electrons. The van der Waals surface area contributed by atoms with E-state index in [0.717, 1.165) is 12.1 Å². The van der Waals surface area contributed by atoms with E-state index < -0.39 is 23.3 Å². The summed E-state index contributed by atoms with van der Waals surface area (Å²) >= 11 is 0. The summed E-state index contributed by atoms with van der Waals surface area (Å²) in [6.45, 7) is 8.78. The molecule has 3 N–H and O–H groups in total. The number of rotatable bonds is 8. The van der Waals surface area contributed by atoms with Gasteiger partial charge in [0.05, 0.1) is 18.1 Å². The first-order chi connectivity index (χ1) is 12.9. The Balaban J connectivity index is 2.04. The van der Waals surface area contributed by atoms with Crippen molar-refractivity contribution in [3.63, 3.8) is 0 Å². The maximum absolute atomic E-state index is 12.5. The molecule has 8 nitrogen and oxygen atoms in total. The predicted molar refractivity (Wildman–Crippen MR) is 101 cm³/mol. The summed E-state index contributed by atoms with van der Waals surface area (Å²) in [7, 11) is 0. The van der Waals surface area contributed by atoms with Gasteiger partial charge in [0.15, 0.2) is 0 Å². The van der Waals surface area contributed by atoms with Gasteiger partial charge < -0.3 is 24.8 Å². The average Bonchev–Trinajstić information content (AvgIpc) is 3.20. The second kappa shape index (κ2) is 8.49. The maximum atomic E-state index is 12.5. The van der Waals surface area contributed by atoms with E-state index in [1.165, 1.54) is 20.8 Å². The third-order valence-corrected chi connectivity index (χ3v) is 5.92. The number of aliphatic hydroxyl groups is 3. The Morgan fingerprint density at radius 1 is 1.32 bits per heavy atom. The highest BCUT2D eigenvalue weighted by atomic mass is 16.6. The van der Waals surface area contributed by atoms with Crippen LogP contribution in [0.5, 0.6) is 0 Å². The fourth-order valence-corrected chi connectivity index (χ4v) is 3.75. The van der Waals surface area contributed by atoms with Crippen LogP contribution in [0.25, 0.3) is 0 Å². The van der Waals surface area contributed by atoms with E-state index in [9.17, 15) is 24.9 Å². The highest BCUT2D eigenvalue weighted by Gasteiger charge is 2.54. The number of hydrogen-bond donors (Lipinski definition) is 3. The van der Waals surface area contributed by atoms with Crippen molar-refractivity contribution < 1.29 is 34.4 Å². The van der Waals surface area contributed by atoms with E-state index in [4.69, 9.17) is 9.47 Å². The van der Waals surface area contributed by atoms with Crippen LogP contribution < -0.4 is 0 Å². The van der Waals surface area contributed by atoms with E-state index in [0.29, 0.717) is 19.4 Å². The van der Waals surface area contributed by atoms with Crippen molar-refractivity contribution in [3.05, 3.63) is 11.6 Å². The second-order valence-electron chi connectivity index (χ2n) is 8.37. The molecular weight excluding hydrogens is 366 g/mol. The number of nitrogens with zero attached hydrogens (tertiary/aromatic N) is 1. The van der Waals surface area contributed by atoms with E-state index in [2.05, 4.69) is 4.90 Å². The molecule has 2 aliphatic rings. The largest absolute Gasteiger partial charge is 0.460 e.